The number of para-hydroxylation sites is 1. The summed E-state index contributed by atoms with van der Waals surface area (Å²) in [6, 6.07) is 7.64. The van der Waals surface area contributed by atoms with Crippen molar-refractivity contribution < 1.29 is 14.6 Å². The van der Waals surface area contributed by atoms with Crippen LogP contribution >= 0.6 is 0 Å². The summed E-state index contributed by atoms with van der Waals surface area (Å²) in [6.07, 6.45) is 5.85. The van der Waals surface area contributed by atoms with Crippen molar-refractivity contribution in [3.63, 3.8) is 0 Å². The first-order valence-corrected chi connectivity index (χ1v) is 7.90. The molecule has 21 heavy (non-hydrogen) atoms. The van der Waals surface area contributed by atoms with Gasteiger partial charge in [-0.15, -0.1) is 0 Å². The minimum atomic E-state index is -0.553. The predicted molar refractivity (Wildman–Crippen MR) is 82.2 cm³/mol. The zero-order chi connectivity index (χ0) is 15.1. The smallest absolute Gasteiger partial charge is 0.258 e. The topological polar surface area (TPSA) is 58.6 Å². The van der Waals surface area contributed by atoms with Crippen LogP contribution in [0.25, 0.3) is 0 Å². The minimum absolute atomic E-state index is 0.00392. The average Bonchev–Trinajstić information content (AvgIpc) is 2.53. The van der Waals surface area contributed by atoms with Crippen LogP contribution in [0.4, 0.5) is 0 Å². The number of nitrogens with one attached hydrogen (secondary N) is 1. The van der Waals surface area contributed by atoms with Crippen LogP contribution in [0.15, 0.2) is 24.3 Å². The second kappa shape index (κ2) is 8.03. The first-order valence-electron chi connectivity index (χ1n) is 7.90. The highest BCUT2D eigenvalue weighted by Gasteiger charge is 2.17. The molecule has 0 heterocycles. The van der Waals surface area contributed by atoms with Gasteiger partial charge in [0.05, 0.1) is 6.10 Å². The number of carbonyl (C=O) groups excluding carboxylic acids is 1. The molecule has 0 aromatic heterocycles. The van der Waals surface area contributed by atoms with Crippen LogP contribution in [0, 0.1) is 0 Å². The molecule has 0 saturated heterocycles. The second-order valence-corrected chi connectivity index (χ2v) is 5.65. The molecule has 116 valence electrons. The van der Waals surface area contributed by atoms with Gasteiger partial charge >= 0.3 is 0 Å². The van der Waals surface area contributed by atoms with Gasteiger partial charge in [0.15, 0.2) is 6.61 Å². The number of hydrogen-bond donors (Lipinski definition) is 2. The van der Waals surface area contributed by atoms with Crippen molar-refractivity contribution in [2.24, 2.45) is 0 Å². The van der Waals surface area contributed by atoms with Crippen molar-refractivity contribution in [2.45, 2.75) is 57.6 Å². The molecule has 1 aromatic rings. The van der Waals surface area contributed by atoms with Gasteiger partial charge in [0, 0.05) is 11.6 Å². The summed E-state index contributed by atoms with van der Waals surface area (Å²) >= 11 is 0. The lowest BCUT2D eigenvalue weighted by atomic mass is 9.95. The first kappa shape index (κ1) is 15.8. The molecule has 1 aliphatic carbocycles. The van der Waals surface area contributed by atoms with E-state index in [9.17, 15) is 9.90 Å². The number of amides is 1. The fourth-order valence-corrected chi connectivity index (χ4v) is 2.77. The third kappa shape index (κ3) is 4.74. The number of carbonyl (C=O) groups is 1. The van der Waals surface area contributed by atoms with Gasteiger partial charge in [-0.2, -0.15) is 0 Å². The molecule has 0 spiro atoms. The summed E-state index contributed by atoms with van der Waals surface area (Å²) in [5, 5.41) is 13.0. The van der Waals surface area contributed by atoms with Crippen LogP contribution in [0.3, 0.4) is 0 Å². The van der Waals surface area contributed by atoms with Crippen LogP contribution in [-0.4, -0.2) is 23.7 Å². The molecule has 1 aliphatic rings. The van der Waals surface area contributed by atoms with E-state index in [1.54, 1.807) is 6.07 Å². The van der Waals surface area contributed by atoms with Crippen molar-refractivity contribution in [1.29, 1.82) is 0 Å². The Morgan fingerprint density at radius 3 is 2.76 bits per heavy atom. The van der Waals surface area contributed by atoms with Crippen molar-refractivity contribution >= 4 is 5.91 Å². The third-order valence-electron chi connectivity index (χ3n) is 3.99. The molecular formula is C17H25NO3. The Balaban J connectivity index is 1.86. The largest absolute Gasteiger partial charge is 0.483 e. The zero-order valence-corrected chi connectivity index (χ0v) is 12.7. The van der Waals surface area contributed by atoms with E-state index < -0.39 is 6.10 Å². The maximum Gasteiger partial charge on any atom is 0.258 e. The molecule has 0 aliphatic heterocycles. The lowest BCUT2D eigenvalue weighted by Gasteiger charge is -2.23. The first-order chi connectivity index (χ1) is 10.2. The van der Waals surface area contributed by atoms with Crippen molar-refractivity contribution in [3.05, 3.63) is 29.8 Å². The quantitative estimate of drug-likeness (QED) is 0.847. The van der Waals surface area contributed by atoms with Crippen molar-refractivity contribution in [1.82, 2.24) is 5.32 Å². The number of benzene rings is 1. The molecule has 4 nitrogen and oxygen atoms in total. The van der Waals surface area contributed by atoms with Crippen molar-refractivity contribution in [3.8, 4) is 5.75 Å². The van der Waals surface area contributed by atoms with Gasteiger partial charge in [0.25, 0.3) is 5.91 Å². The predicted octanol–water partition coefficient (Wildman–Crippen LogP) is 2.96. The fourth-order valence-electron chi connectivity index (χ4n) is 2.77. The van der Waals surface area contributed by atoms with E-state index in [4.69, 9.17) is 4.74 Å². The average molecular weight is 291 g/mol. The summed E-state index contributed by atoms with van der Waals surface area (Å²) in [6.45, 7) is 1.92. The van der Waals surface area contributed by atoms with Gasteiger partial charge in [0.2, 0.25) is 0 Å². The van der Waals surface area contributed by atoms with Crippen LogP contribution in [0.1, 0.15) is 57.1 Å². The highest BCUT2D eigenvalue weighted by Crippen LogP contribution is 2.26. The second-order valence-electron chi connectivity index (χ2n) is 5.65. The van der Waals surface area contributed by atoms with E-state index in [0.29, 0.717) is 18.2 Å². The lowest BCUT2D eigenvalue weighted by Crippen LogP contribution is -2.39. The van der Waals surface area contributed by atoms with E-state index in [1.807, 2.05) is 25.1 Å². The molecule has 2 rings (SSSR count). The van der Waals surface area contributed by atoms with Gasteiger partial charge < -0.3 is 15.2 Å². The third-order valence-corrected chi connectivity index (χ3v) is 3.99. The summed E-state index contributed by atoms with van der Waals surface area (Å²) in [5.74, 6) is 0.508. The molecule has 1 fully saturated rings. The van der Waals surface area contributed by atoms with Gasteiger partial charge in [-0.25, -0.2) is 0 Å². The van der Waals surface area contributed by atoms with Gasteiger partial charge in [-0.05, 0) is 25.3 Å². The summed E-state index contributed by atoms with van der Waals surface area (Å²) in [4.78, 5) is 11.9. The molecule has 0 unspecified atom stereocenters. The van der Waals surface area contributed by atoms with Crippen LogP contribution in [0.5, 0.6) is 5.75 Å². The zero-order valence-electron chi connectivity index (χ0n) is 12.7. The van der Waals surface area contributed by atoms with Gasteiger partial charge in [0.1, 0.15) is 5.75 Å². The van der Waals surface area contributed by atoms with Gasteiger partial charge in [-0.1, -0.05) is 44.4 Å². The molecule has 0 radical (unpaired) electrons. The molecule has 1 aromatic carbocycles. The molecule has 2 N–H and O–H groups in total. The molecule has 4 heteroatoms. The summed E-state index contributed by atoms with van der Waals surface area (Å²) in [7, 11) is 0. The summed E-state index contributed by atoms with van der Waals surface area (Å²) in [5.41, 5.74) is 0.741. The van der Waals surface area contributed by atoms with E-state index >= 15 is 0 Å². The molecule has 1 amide bonds. The van der Waals surface area contributed by atoms with Crippen LogP contribution in [0.2, 0.25) is 0 Å². The van der Waals surface area contributed by atoms with Gasteiger partial charge in [-0.3, -0.25) is 4.79 Å². The molecule has 0 bridgehead atoms. The fraction of sp³-hybridized carbons (Fsp3) is 0.588. The maximum absolute atomic E-state index is 11.9. The molecule has 1 saturated carbocycles. The number of aliphatic hydroxyl groups is 1. The summed E-state index contributed by atoms with van der Waals surface area (Å²) < 4.78 is 5.59. The Morgan fingerprint density at radius 1 is 1.33 bits per heavy atom. The number of rotatable bonds is 6. The Morgan fingerprint density at radius 2 is 2.05 bits per heavy atom. The number of aliphatic hydroxyl groups excluding tert-OH is 1. The monoisotopic (exact) mass is 291 g/mol. The SMILES string of the molecule is CC[C@H](O)c1ccccc1OCC(=O)NC1CCCCC1. The minimum Gasteiger partial charge on any atom is -0.483 e. The highest BCUT2D eigenvalue weighted by molar-refractivity contribution is 5.77. The normalized spacial score (nSPS) is 17.2. The Bertz CT molecular complexity index is 455. The molecular weight excluding hydrogens is 266 g/mol. The van der Waals surface area contributed by atoms with E-state index in [2.05, 4.69) is 5.32 Å². The van der Waals surface area contributed by atoms with E-state index in [0.717, 1.165) is 18.4 Å². The maximum atomic E-state index is 11.9. The Kier molecular flexibility index (Phi) is 6.05. The lowest BCUT2D eigenvalue weighted by molar-refractivity contribution is -0.124. The van der Waals surface area contributed by atoms with E-state index in [1.165, 1.54) is 19.3 Å². The van der Waals surface area contributed by atoms with Crippen LogP contribution in [-0.2, 0) is 4.79 Å². The number of ether oxygens (including phenoxy) is 1. The molecule has 1 atom stereocenters. The van der Waals surface area contributed by atoms with Crippen molar-refractivity contribution in [2.75, 3.05) is 6.61 Å². The Hall–Kier alpha value is -1.55. The van der Waals surface area contributed by atoms with E-state index in [-0.39, 0.29) is 12.5 Å². The standard InChI is InChI=1S/C17H25NO3/c1-2-15(19)14-10-6-7-11-16(14)21-12-17(20)18-13-8-4-3-5-9-13/h6-7,10-11,13,15,19H,2-5,8-9,12H2,1H3,(H,18,20)/t15-/m0/s1. The Labute approximate surface area is 126 Å². The van der Waals surface area contributed by atoms with Crippen LogP contribution < -0.4 is 10.1 Å². The highest BCUT2D eigenvalue weighted by atomic mass is 16.5. The number of hydrogen-bond acceptors (Lipinski definition) is 3.